The number of hydrogen-bond acceptors (Lipinski definition) is 4. The predicted octanol–water partition coefficient (Wildman–Crippen LogP) is 2.27. The topological polar surface area (TPSA) is 53.0 Å². The maximum Gasteiger partial charge on any atom is 0.409 e. The number of aliphatic hydroxyl groups is 1. The van der Waals surface area contributed by atoms with E-state index < -0.39 is 11.9 Å². The Hall–Kier alpha value is -1.66. The largest absolute Gasteiger partial charge is 0.449 e. The van der Waals surface area contributed by atoms with Crippen LogP contribution in [0.2, 0.25) is 0 Å². The number of halogens is 1. The molecule has 0 saturated carbocycles. The lowest BCUT2D eigenvalue weighted by Gasteiger charge is -2.35. The van der Waals surface area contributed by atoms with Crippen molar-refractivity contribution in [1.29, 1.82) is 0 Å². The molecule has 23 heavy (non-hydrogen) atoms. The van der Waals surface area contributed by atoms with Crippen LogP contribution in [0.4, 0.5) is 9.18 Å². The van der Waals surface area contributed by atoms with Crippen molar-refractivity contribution < 1.29 is 19.0 Å². The molecule has 1 aromatic carbocycles. The van der Waals surface area contributed by atoms with Crippen molar-refractivity contribution in [2.75, 3.05) is 39.3 Å². The van der Waals surface area contributed by atoms with Gasteiger partial charge in [0, 0.05) is 38.3 Å². The number of β-amino-alcohol motifs (C(OH)–C–C–N with tert-alkyl or cyclic N) is 1. The zero-order valence-electron chi connectivity index (χ0n) is 13.7. The van der Waals surface area contributed by atoms with Crippen LogP contribution in [0.5, 0.6) is 0 Å². The zero-order chi connectivity index (χ0) is 16.8. The fraction of sp³-hybridized carbons (Fsp3) is 0.588. The molecule has 128 valence electrons. The summed E-state index contributed by atoms with van der Waals surface area (Å²) in [7, 11) is 0. The van der Waals surface area contributed by atoms with Gasteiger partial charge in [0.15, 0.2) is 0 Å². The average Bonchev–Trinajstić information content (AvgIpc) is 2.53. The Balaban J connectivity index is 1.78. The fourth-order valence-corrected chi connectivity index (χ4v) is 2.53. The monoisotopic (exact) mass is 324 g/mol. The first-order valence-electron chi connectivity index (χ1n) is 8.04. The molecule has 6 heteroatoms. The van der Waals surface area contributed by atoms with Gasteiger partial charge in [0.25, 0.3) is 0 Å². The van der Waals surface area contributed by atoms with Crippen LogP contribution in [-0.2, 0) is 4.74 Å². The van der Waals surface area contributed by atoms with E-state index in [0.717, 1.165) is 0 Å². The van der Waals surface area contributed by atoms with E-state index >= 15 is 0 Å². The van der Waals surface area contributed by atoms with Crippen molar-refractivity contribution in [1.82, 2.24) is 9.80 Å². The first-order valence-corrected chi connectivity index (χ1v) is 8.04. The highest BCUT2D eigenvalue weighted by molar-refractivity contribution is 5.67. The van der Waals surface area contributed by atoms with E-state index in [1.807, 2.05) is 18.7 Å². The second-order valence-corrected chi connectivity index (χ2v) is 6.30. The molecule has 0 aromatic heterocycles. The molecule has 1 aromatic rings. The standard InChI is InChI=1S/C17H25FN2O3/c1-13(2)12-23-17(22)20-9-7-19(8-10-20)11-16(21)14-5-3-4-6-15(14)18/h3-6,13,16,21H,7-12H2,1-2H3. The van der Waals surface area contributed by atoms with Crippen molar-refractivity contribution in [2.45, 2.75) is 20.0 Å². The number of ether oxygens (including phenoxy) is 1. The normalized spacial score (nSPS) is 17.3. The third-order valence-corrected chi connectivity index (χ3v) is 3.87. The molecule has 0 aliphatic carbocycles. The smallest absolute Gasteiger partial charge is 0.409 e. The number of carbonyl (C=O) groups is 1. The molecular weight excluding hydrogens is 299 g/mol. The summed E-state index contributed by atoms with van der Waals surface area (Å²) in [4.78, 5) is 15.6. The van der Waals surface area contributed by atoms with E-state index in [1.54, 1.807) is 23.1 Å². The van der Waals surface area contributed by atoms with Crippen LogP contribution in [0, 0.1) is 11.7 Å². The number of hydrogen-bond donors (Lipinski definition) is 1. The Morgan fingerprint density at radius 2 is 1.91 bits per heavy atom. The molecule has 1 aliphatic rings. The molecular formula is C17H25FN2O3. The molecule has 1 heterocycles. The van der Waals surface area contributed by atoms with Gasteiger partial charge in [-0.3, -0.25) is 4.90 Å². The van der Waals surface area contributed by atoms with Crippen LogP contribution >= 0.6 is 0 Å². The van der Waals surface area contributed by atoms with E-state index in [0.29, 0.717) is 50.8 Å². The van der Waals surface area contributed by atoms with Gasteiger partial charge in [0.2, 0.25) is 0 Å². The average molecular weight is 324 g/mol. The van der Waals surface area contributed by atoms with Crippen LogP contribution in [0.15, 0.2) is 24.3 Å². The van der Waals surface area contributed by atoms with Gasteiger partial charge in [-0.05, 0) is 12.0 Å². The summed E-state index contributed by atoms with van der Waals surface area (Å²) in [5, 5.41) is 10.2. The van der Waals surface area contributed by atoms with Crippen molar-refractivity contribution in [3.8, 4) is 0 Å². The van der Waals surface area contributed by atoms with Crippen LogP contribution in [0.1, 0.15) is 25.5 Å². The highest BCUT2D eigenvalue weighted by Crippen LogP contribution is 2.18. The minimum Gasteiger partial charge on any atom is -0.449 e. The lowest BCUT2D eigenvalue weighted by Crippen LogP contribution is -2.49. The van der Waals surface area contributed by atoms with Crippen LogP contribution in [-0.4, -0.2) is 60.3 Å². The summed E-state index contributed by atoms with van der Waals surface area (Å²) in [6.07, 6.45) is -1.15. The third-order valence-electron chi connectivity index (χ3n) is 3.87. The Morgan fingerprint density at radius 1 is 1.26 bits per heavy atom. The molecule has 0 spiro atoms. The van der Waals surface area contributed by atoms with E-state index in [-0.39, 0.29) is 6.09 Å². The fourth-order valence-electron chi connectivity index (χ4n) is 2.53. The number of nitrogens with zero attached hydrogens (tertiary/aromatic N) is 2. The van der Waals surface area contributed by atoms with E-state index in [2.05, 4.69) is 0 Å². The van der Waals surface area contributed by atoms with Gasteiger partial charge in [-0.2, -0.15) is 0 Å². The Bertz CT molecular complexity index is 516. The summed E-state index contributed by atoms with van der Waals surface area (Å²) < 4.78 is 18.9. The summed E-state index contributed by atoms with van der Waals surface area (Å²) in [6, 6.07) is 6.26. The molecule has 1 saturated heterocycles. The second-order valence-electron chi connectivity index (χ2n) is 6.30. The number of aliphatic hydroxyl groups excluding tert-OH is 1. The van der Waals surface area contributed by atoms with Gasteiger partial charge in [-0.25, -0.2) is 9.18 Å². The number of benzene rings is 1. The summed E-state index contributed by atoms with van der Waals surface area (Å²) in [5.41, 5.74) is 0.311. The summed E-state index contributed by atoms with van der Waals surface area (Å²) in [6.45, 7) is 7.16. The molecule has 5 nitrogen and oxygen atoms in total. The van der Waals surface area contributed by atoms with Crippen molar-refractivity contribution in [3.05, 3.63) is 35.6 Å². The number of amides is 1. The van der Waals surface area contributed by atoms with Crippen molar-refractivity contribution >= 4 is 6.09 Å². The molecule has 2 rings (SSSR count). The van der Waals surface area contributed by atoms with Crippen molar-refractivity contribution in [2.24, 2.45) is 5.92 Å². The Morgan fingerprint density at radius 3 is 2.52 bits per heavy atom. The molecule has 1 N–H and O–H groups in total. The van der Waals surface area contributed by atoms with E-state index in [9.17, 15) is 14.3 Å². The summed E-state index contributed by atoms with van der Waals surface area (Å²) in [5.74, 6) is -0.0768. The lowest BCUT2D eigenvalue weighted by atomic mass is 10.1. The van der Waals surface area contributed by atoms with Gasteiger partial charge >= 0.3 is 6.09 Å². The number of carbonyl (C=O) groups excluding carboxylic acids is 1. The maximum atomic E-state index is 13.7. The minimum atomic E-state index is -0.865. The van der Waals surface area contributed by atoms with Gasteiger partial charge in [-0.15, -0.1) is 0 Å². The third kappa shape index (κ3) is 5.18. The van der Waals surface area contributed by atoms with E-state index in [1.165, 1.54) is 6.07 Å². The maximum absolute atomic E-state index is 13.7. The summed E-state index contributed by atoms with van der Waals surface area (Å²) >= 11 is 0. The van der Waals surface area contributed by atoms with Gasteiger partial charge in [-0.1, -0.05) is 32.0 Å². The highest BCUT2D eigenvalue weighted by atomic mass is 19.1. The zero-order valence-corrected chi connectivity index (χ0v) is 13.7. The molecule has 1 atom stereocenters. The predicted molar refractivity (Wildman–Crippen MR) is 85.6 cm³/mol. The van der Waals surface area contributed by atoms with Gasteiger partial charge < -0.3 is 14.7 Å². The quantitative estimate of drug-likeness (QED) is 0.903. The first-order chi connectivity index (χ1) is 11.0. The molecule has 1 fully saturated rings. The SMILES string of the molecule is CC(C)COC(=O)N1CCN(CC(O)c2ccccc2F)CC1. The van der Waals surface area contributed by atoms with Crippen LogP contribution in [0.3, 0.4) is 0 Å². The van der Waals surface area contributed by atoms with E-state index in [4.69, 9.17) is 4.74 Å². The number of rotatable bonds is 5. The molecule has 1 unspecified atom stereocenters. The minimum absolute atomic E-state index is 0.284. The Kier molecular flexibility index (Phi) is 6.36. The first kappa shape index (κ1) is 17.7. The lowest BCUT2D eigenvalue weighted by molar-refractivity contribution is 0.0512. The number of piperazine rings is 1. The van der Waals surface area contributed by atoms with Gasteiger partial charge in [0.05, 0.1) is 12.7 Å². The Labute approximate surface area is 136 Å². The molecule has 1 aliphatic heterocycles. The van der Waals surface area contributed by atoms with Crippen LogP contribution in [0.25, 0.3) is 0 Å². The molecule has 1 amide bonds. The van der Waals surface area contributed by atoms with Crippen molar-refractivity contribution in [3.63, 3.8) is 0 Å². The van der Waals surface area contributed by atoms with Gasteiger partial charge in [0.1, 0.15) is 5.82 Å². The molecule has 0 radical (unpaired) electrons. The van der Waals surface area contributed by atoms with Crippen LogP contribution < -0.4 is 0 Å². The molecule has 0 bridgehead atoms. The highest BCUT2D eigenvalue weighted by Gasteiger charge is 2.24. The second kappa shape index (κ2) is 8.26.